The van der Waals surface area contributed by atoms with E-state index in [1.165, 1.54) is 38.8 Å². The third kappa shape index (κ3) is 3.06. The summed E-state index contributed by atoms with van der Waals surface area (Å²) >= 11 is 0. The Labute approximate surface area is 112 Å². The zero-order chi connectivity index (χ0) is 13.0. The molecular formula is C15H30N2O. The van der Waals surface area contributed by atoms with Gasteiger partial charge in [-0.25, -0.2) is 0 Å². The molecule has 3 heteroatoms. The standard InChI is InChI=1S/C15H30N2O/c1-4-18-10-9-17-11-14(13(2)3)16-12-15(17)7-5-6-8-15/h13-14,16H,4-12H2,1-3H3. The van der Waals surface area contributed by atoms with Crippen molar-refractivity contribution in [1.82, 2.24) is 10.2 Å². The predicted molar refractivity (Wildman–Crippen MR) is 75.9 cm³/mol. The summed E-state index contributed by atoms with van der Waals surface area (Å²) in [6.07, 6.45) is 5.55. The molecule has 1 unspecified atom stereocenters. The number of nitrogens with zero attached hydrogens (tertiary/aromatic N) is 1. The Morgan fingerprint density at radius 3 is 2.67 bits per heavy atom. The van der Waals surface area contributed by atoms with Gasteiger partial charge < -0.3 is 10.1 Å². The molecule has 2 fully saturated rings. The lowest BCUT2D eigenvalue weighted by Crippen LogP contribution is -2.65. The second-order valence-electron chi connectivity index (χ2n) is 6.31. The summed E-state index contributed by atoms with van der Waals surface area (Å²) in [6, 6.07) is 0.651. The highest BCUT2D eigenvalue weighted by Crippen LogP contribution is 2.37. The lowest BCUT2D eigenvalue weighted by atomic mass is 9.88. The average molecular weight is 254 g/mol. The zero-order valence-corrected chi connectivity index (χ0v) is 12.4. The normalized spacial score (nSPS) is 28.3. The lowest BCUT2D eigenvalue weighted by Gasteiger charge is -2.49. The molecule has 1 heterocycles. The van der Waals surface area contributed by atoms with Gasteiger partial charge in [-0.2, -0.15) is 0 Å². The molecule has 3 nitrogen and oxygen atoms in total. The van der Waals surface area contributed by atoms with Crippen molar-refractivity contribution >= 4 is 0 Å². The quantitative estimate of drug-likeness (QED) is 0.762. The minimum Gasteiger partial charge on any atom is -0.380 e. The molecule has 0 aromatic heterocycles. The van der Waals surface area contributed by atoms with Gasteiger partial charge in [0.25, 0.3) is 0 Å². The fourth-order valence-corrected chi connectivity index (χ4v) is 3.55. The first-order valence-corrected chi connectivity index (χ1v) is 7.74. The summed E-state index contributed by atoms with van der Waals surface area (Å²) in [4.78, 5) is 2.73. The minimum atomic E-state index is 0.447. The third-order valence-corrected chi connectivity index (χ3v) is 4.83. The van der Waals surface area contributed by atoms with Gasteiger partial charge in [-0.3, -0.25) is 4.90 Å². The van der Waals surface area contributed by atoms with Crippen molar-refractivity contribution in [2.45, 2.75) is 58.0 Å². The van der Waals surface area contributed by atoms with E-state index in [0.29, 0.717) is 11.6 Å². The number of rotatable bonds is 5. The highest BCUT2D eigenvalue weighted by Gasteiger charge is 2.43. The van der Waals surface area contributed by atoms with Crippen molar-refractivity contribution in [3.05, 3.63) is 0 Å². The second-order valence-corrected chi connectivity index (χ2v) is 6.31. The van der Waals surface area contributed by atoms with Crippen molar-refractivity contribution in [3.63, 3.8) is 0 Å². The molecule has 0 bridgehead atoms. The van der Waals surface area contributed by atoms with Crippen LogP contribution in [0.4, 0.5) is 0 Å². The zero-order valence-electron chi connectivity index (χ0n) is 12.4. The summed E-state index contributed by atoms with van der Waals surface area (Å²) in [7, 11) is 0. The molecule has 106 valence electrons. The average Bonchev–Trinajstić information content (AvgIpc) is 2.81. The molecule has 0 aromatic rings. The van der Waals surface area contributed by atoms with E-state index < -0.39 is 0 Å². The third-order valence-electron chi connectivity index (χ3n) is 4.83. The van der Waals surface area contributed by atoms with Crippen LogP contribution >= 0.6 is 0 Å². The van der Waals surface area contributed by atoms with Gasteiger partial charge in [-0.15, -0.1) is 0 Å². The van der Waals surface area contributed by atoms with E-state index in [0.717, 1.165) is 25.7 Å². The highest BCUT2D eigenvalue weighted by molar-refractivity contribution is 5.02. The highest BCUT2D eigenvalue weighted by atomic mass is 16.5. The molecule has 1 saturated carbocycles. The maximum absolute atomic E-state index is 5.57. The van der Waals surface area contributed by atoms with E-state index in [2.05, 4.69) is 31.0 Å². The summed E-state index contributed by atoms with van der Waals surface area (Å²) in [6.45, 7) is 12.0. The van der Waals surface area contributed by atoms with Crippen LogP contribution < -0.4 is 5.32 Å². The molecule has 1 atom stereocenters. The van der Waals surface area contributed by atoms with Crippen molar-refractivity contribution < 1.29 is 4.74 Å². The Hall–Kier alpha value is -0.120. The maximum atomic E-state index is 5.57. The molecule has 0 amide bonds. The van der Waals surface area contributed by atoms with Gasteiger partial charge in [0.15, 0.2) is 0 Å². The number of hydrogen-bond acceptors (Lipinski definition) is 3. The van der Waals surface area contributed by atoms with Crippen molar-refractivity contribution in [3.8, 4) is 0 Å². The van der Waals surface area contributed by atoms with Crippen LogP contribution in [-0.4, -0.2) is 49.3 Å². The molecule has 1 N–H and O–H groups in total. The van der Waals surface area contributed by atoms with Gasteiger partial charge in [-0.05, 0) is 25.7 Å². The fourth-order valence-electron chi connectivity index (χ4n) is 3.55. The molecule has 2 aliphatic rings. The molecule has 1 aliphatic carbocycles. The van der Waals surface area contributed by atoms with Crippen molar-refractivity contribution in [2.24, 2.45) is 5.92 Å². The SMILES string of the molecule is CCOCCN1CC(C(C)C)NCC12CCCC2. The van der Waals surface area contributed by atoms with Gasteiger partial charge in [-0.1, -0.05) is 26.7 Å². The van der Waals surface area contributed by atoms with Gasteiger partial charge in [0, 0.05) is 37.8 Å². The van der Waals surface area contributed by atoms with Crippen LogP contribution in [-0.2, 0) is 4.74 Å². The first kappa shape index (κ1) is 14.3. The van der Waals surface area contributed by atoms with Gasteiger partial charge >= 0.3 is 0 Å². The molecule has 1 saturated heterocycles. The van der Waals surface area contributed by atoms with Gasteiger partial charge in [0.2, 0.25) is 0 Å². The monoisotopic (exact) mass is 254 g/mol. The number of piperazine rings is 1. The first-order chi connectivity index (χ1) is 8.68. The van der Waals surface area contributed by atoms with E-state index in [4.69, 9.17) is 4.74 Å². The smallest absolute Gasteiger partial charge is 0.0593 e. The molecule has 18 heavy (non-hydrogen) atoms. The maximum Gasteiger partial charge on any atom is 0.0593 e. The Morgan fingerprint density at radius 1 is 1.33 bits per heavy atom. The topological polar surface area (TPSA) is 24.5 Å². The van der Waals surface area contributed by atoms with E-state index in [-0.39, 0.29) is 0 Å². The Morgan fingerprint density at radius 2 is 2.06 bits per heavy atom. The van der Waals surface area contributed by atoms with Crippen LogP contribution in [0.3, 0.4) is 0 Å². The largest absolute Gasteiger partial charge is 0.380 e. The second kappa shape index (κ2) is 6.36. The van der Waals surface area contributed by atoms with E-state index in [1.807, 2.05) is 0 Å². The Kier molecular flexibility index (Phi) is 5.05. The number of hydrogen-bond donors (Lipinski definition) is 1. The van der Waals surface area contributed by atoms with Crippen LogP contribution in [0.2, 0.25) is 0 Å². The van der Waals surface area contributed by atoms with Gasteiger partial charge in [0.05, 0.1) is 6.61 Å². The molecule has 0 radical (unpaired) electrons. The molecule has 1 aliphatic heterocycles. The molecule has 1 spiro atoms. The number of ether oxygens (including phenoxy) is 1. The van der Waals surface area contributed by atoms with Crippen molar-refractivity contribution in [2.75, 3.05) is 32.8 Å². The molecule has 2 rings (SSSR count). The predicted octanol–water partition coefficient (Wildman–Crippen LogP) is 2.27. The summed E-state index contributed by atoms with van der Waals surface area (Å²) < 4.78 is 5.57. The summed E-state index contributed by atoms with van der Waals surface area (Å²) in [5.41, 5.74) is 0.447. The minimum absolute atomic E-state index is 0.447. The van der Waals surface area contributed by atoms with Crippen LogP contribution in [0.5, 0.6) is 0 Å². The van der Waals surface area contributed by atoms with Crippen LogP contribution in [0.15, 0.2) is 0 Å². The first-order valence-electron chi connectivity index (χ1n) is 7.74. The van der Waals surface area contributed by atoms with Gasteiger partial charge in [0.1, 0.15) is 0 Å². The van der Waals surface area contributed by atoms with Crippen LogP contribution in [0, 0.1) is 5.92 Å². The molecule has 0 aromatic carbocycles. The number of nitrogens with one attached hydrogen (secondary N) is 1. The van der Waals surface area contributed by atoms with E-state index >= 15 is 0 Å². The lowest BCUT2D eigenvalue weighted by molar-refractivity contribution is 0.00785. The Balaban J connectivity index is 1.96. The molecular weight excluding hydrogens is 224 g/mol. The van der Waals surface area contributed by atoms with Crippen LogP contribution in [0.1, 0.15) is 46.5 Å². The Bertz CT molecular complexity index is 249. The van der Waals surface area contributed by atoms with E-state index in [9.17, 15) is 0 Å². The summed E-state index contributed by atoms with van der Waals surface area (Å²) in [5, 5.41) is 3.79. The summed E-state index contributed by atoms with van der Waals surface area (Å²) in [5.74, 6) is 0.721. The van der Waals surface area contributed by atoms with E-state index in [1.54, 1.807) is 0 Å². The van der Waals surface area contributed by atoms with Crippen LogP contribution in [0.25, 0.3) is 0 Å². The van der Waals surface area contributed by atoms with Crippen molar-refractivity contribution in [1.29, 1.82) is 0 Å². The fraction of sp³-hybridized carbons (Fsp3) is 1.00.